The zero-order valence-electron chi connectivity index (χ0n) is 9.66. The van der Waals surface area contributed by atoms with Gasteiger partial charge in [0, 0.05) is 12.2 Å². The molecule has 0 saturated carbocycles. The van der Waals surface area contributed by atoms with Crippen molar-refractivity contribution in [3.8, 4) is 0 Å². The van der Waals surface area contributed by atoms with Crippen molar-refractivity contribution in [2.24, 2.45) is 5.92 Å². The SMILES string of the molecule is Cc1ccnc(NC(=O)C2CCNC2C)c1. The van der Waals surface area contributed by atoms with Gasteiger partial charge in [-0.1, -0.05) is 0 Å². The third-order valence-electron chi connectivity index (χ3n) is 3.03. The molecule has 1 aliphatic heterocycles. The highest BCUT2D eigenvalue weighted by Crippen LogP contribution is 2.17. The van der Waals surface area contributed by atoms with E-state index in [1.54, 1.807) is 6.20 Å². The van der Waals surface area contributed by atoms with Crippen LogP contribution < -0.4 is 10.6 Å². The molecule has 2 atom stereocenters. The highest BCUT2D eigenvalue weighted by atomic mass is 16.2. The average molecular weight is 219 g/mol. The van der Waals surface area contributed by atoms with Gasteiger partial charge in [-0.05, 0) is 44.5 Å². The van der Waals surface area contributed by atoms with Crippen LogP contribution >= 0.6 is 0 Å². The minimum absolute atomic E-state index is 0.0577. The van der Waals surface area contributed by atoms with E-state index in [1.165, 1.54) is 0 Å². The van der Waals surface area contributed by atoms with Gasteiger partial charge in [-0.2, -0.15) is 0 Å². The Morgan fingerprint density at radius 3 is 3.06 bits per heavy atom. The van der Waals surface area contributed by atoms with Gasteiger partial charge in [-0.25, -0.2) is 4.98 Å². The van der Waals surface area contributed by atoms with Gasteiger partial charge in [0.1, 0.15) is 5.82 Å². The average Bonchev–Trinajstić information content (AvgIpc) is 2.64. The Kier molecular flexibility index (Phi) is 3.19. The summed E-state index contributed by atoms with van der Waals surface area (Å²) in [5, 5.41) is 6.13. The van der Waals surface area contributed by atoms with Gasteiger partial charge in [-0.15, -0.1) is 0 Å². The number of nitrogens with one attached hydrogen (secondary N) is 2. The number of aryl methyl sites for hydroxylation is 1. The predicted octanol–water partition coefficient (Wildman–Crippen LogP) is 1.33. The van der Waals surface area contributed by atoms with E-state index in [-0.39, 0.29) is 17.9 Å². The molecule has 1 aromatic heterocycles. The molecule has 1 aliphatic rings. The summed E-state index contributed by atoms with van der Waals surface area (Å²) in [5.41, 5.74) is 1.10. The minimum Gasteiger partial charge on any atom is -0.313 e. The van der Waals surface area contributed by atoms with Gasteiger partial charge in [0.05, 0.1) is 5.92 Å². The topological polar surface area (TPSA) is 54.0 Å². The van der Waals surface area contributed by atoms with Gasteiger partial charge >= 0.3 is 0 Å². The lowest BCUT2D eigenvalue weighted by atomic mass is 10.0. The van der Waals surface area contributed by atoms with Gasteiger partial charge in [-0.3, -0.25) is 4.79 Å². The molecule has 2 rings (SSSR count). The second-order valence-corrected chi connectivity index (χ2v) is 4.35. The van der Waals surface area contributed by atoms with Crippen molar-refractivity contribution < 1.29 is 4.79 Å². The highest BCUT2D eigenvalue weighted by Gasteiger charge is 2.29. The minimum atomic E-state index is 0.0577. The molecule has 0 aromatic carbocycles. The molecule has 0 radical (unpaired) electrons. The lowest BCUT2D eigenvalue weighted by molar-refractivity contribution is -0.120. The van der Waals surface area contributed by atoms with Crippen LogP contribution in [0.15, 0.2) is 18.3 Å². The van der Waals surface area contributed by atoms with Gasteiger partial charge in [0.25, 0.3) is 0 Å². The Morgan fingerprint density at radius 2 is 2.44 bits per heavy atom. The molecule has 4 heteroatoms. The fourth-order valence-electron chi connectivity index (χ4n) is 2.04. The van der Waals surface area contributed by atoms with E-state index in [4.69, 9.17) is 0 Å². The van der Waals surface area contributed by atoms with Crippen molar-refractivity contribution in [2.45, 2.75) is 26.3 Å². The van der Waals surface area contributed by atoms with Crippen LogP contribution in [-0.4, -0.2) is 23.5 Å². The van der Waals surface area contributed by atoms with E-state index in [9.17, 15) is 4.79 Å². The van der Waals surface area contributed by atoms with Crippen LogP contribution in [0.25, 0.3) is 0 Å². The van der Waals surface area contributed by atoms with Crippen LogP contribution in [0, 0.1) is 12.8 Å². The number of pyridine rings is 1. The second-order valence-electron chi connectivity index (χ2n) is 4.35. The first-order valence-electron chi connectivity index (χ1n) is 5.64. The fraction of sp³-hybridized carbons (Fsp3) is 0.500. The smallest absolute Gasteiger partial charge is 0.230 e. The van der Waals surface area contributed by atoms with Gasteiger partial charge in [0.2, 0.25) is 5.91 Å². The maximum absolute atomic E-state index is 11.9. The number of anilines is 1. The van der Waals surface area contributed by atoms with Crippen molar-refractivity contribution in [3.05, 3.63) is 23.9 Å². The highest BCUT2D eigenvalue weighted by molar-refractivity contribution is 5.92. The van der Waals surface area contributed by atoms with E-state index in [1.807, 2.05) is 26.0 Å². The second kappa shape index (κ2) is 4.61. The van der Waals surface area contributed by atoms with Crippen molar-refractivity contribution in [2.75, 3.05) is 11.9 Å². The van der Waals surface area contributed by atoms with Crippen molar-refractivity contribution in [1.29, 1.82) is 0 Å². The summed E-state index contributed by atoms with van der Waals surface area (Å²) >= 11 is 0. The number of nitrogens with zero attached hydrogens (tertiary/aromatic N) is 1. The summed E-state index contributed by atoms with van der Waals surface area (Å²) < 4.78 is 0. The monoisotopic (exact) mass is 219 g/mol. The zero-order valence-corrected chi connectivity index (χ0v) is 9.66. The lowest BCUT2D eigenvalue weighted by Gasteiger charge is -2.14. The van der Waals surface area contributed by atoms with E-state index in [0.717, 1.165) is 18.5 Å². The first-order valence-corrected chi connectivity index (χ1v) is 5.64. The summed E-state index contributed by atoms with van der Waals surface area (Å²) in [6.07, 6.45) is 2.61. The Morgan fingerprint density at radius 1 is 1.62 bits per heavy atom. The molecule has 2 unspecified atom stereocenters. The summed E-state index contributed by atoms with van der Waals surface area (Å²) in [4.78, 5) is 16.1. The largest absolute Gasteiger partial charge is 0.313 e. The summed E-state index contributed by atoms with van der Waals surface area (Å²) in [5.74, 6) is 0.766. The summed E-state index contributed by atoms with van der Waals surface area (Å²) in [6, 6.07) is 4.05. The number of hydrogen-bond donors (Lipinski definition) is 2. The Balaban J connectivity index is 2.02. The van der Waals surface area contributed by atoms with E-state index >= 15 is 0 Å². The van der Waals surface area contributed by atoms with Crippen LogP contribution in [-0.2, 0) is 4.79 Å². The molecule has 2 N–H and O–H groups in total. The molecular weight excluding hydrogens is 202 g/mol. The molecule has 1 amide bonds. The molecule has 4 nitrogen and oxygen atoms in total. The number of rotatable bonds is 2. The first-order chi connectivity index (χ1) is 7.66. The maximum atomic E-state index is 11.9. The number of carbonyl (C=O) groups excluding carboxylic acids is 1. The van der Waals surface area contributed by atoms with Crippen LogP contribution in [0.4, 0.5) is 5.82 Å². The van der Waals surface area contributed by atoms with E-state index < -0.39 is 0 Å². The standard InChI is InChI=1S/C12H17N3O/c1-8-3-5-14-11(7-8)15-12(16)10-4-6-13-9(10)2/h3,5,7,9-10,13H,4,6H2,1-2H3,(H,14,15,16). The third-order valence-corrected chi connectivity index (χ3v) is 3.03. The first kappa shape index (κ1) is 11.1. The quantitative estimate of drug-likeness (QED) is 0.789. The molecule has 1 aromatic rings. The Labute approximate surface area is 95.5 Å². The van der Waals surface area contributed by atoms with Crippen LogP contribution in [0.2, 0.25) is 0 Å². The molecule has 16 heavy (non-hydrogen) atoms. The summed E-state index contributed by atoms with van der Waals surface area (Å²) in [6.45, 7) is 4.94. The van der Waals surface area contributed by atoms with Crippen molar-refractivity contribution in [3.63, 3.8) is 0 Å². The molecular formula is C12H17N3O. The number of hydrogen-bond acceptors (Lipinski definition) is 3. The number of amides is 1. The Bertz CT molecular complexity index is 392. The van der Waals surface area contributed by atoms with Crippen molar-refractivity contribution in [1.82, 2.24) is 10.3 Å². The van der Waals surface area contributed by atoms with Gasteiger partial charge < -0.3 is 10.6 Å². The third kappa shape index (κ3) is 2.39. The number of aromatic nitrogens is 1. The molecule has 1 saturated heterocycles. The molecule has 2 heterocycles. The molecule has 0 bridgehead atoms. The van der Waals surface area contributed by atoms with Crippen LogP contribution in [0.5, 0.6) is 0 Å². The molecule has 86 valence electrons. The molecule has 1 fully saturated rings. The summed E-state index contributed by atoms with van der Waals surface area (Å²) in [7, 11) is 0. The van der Waals surface area contributed by atoms with E-state index in [0.29, 0.717) is 5.82 Å². The Hall–Kier alpha value is -1.42. The molecule has 0 aliphatic carbocycles. The zero-order chi connectivity index (χ0) is 11.5. The van der Waals surface area contributed by atoms with E-state index in [2.05, 4.69) is 15.6 Å². The predicted molar refractivity (Wildman–Crippen MR) is 63.2 cm³/mol. The van der Waals surface area contributed by atoms with Crippen molar-refractivity contribution >= 4 is 11.7 Å². The van der Waals surface area contributed by atoms with Crippen LogP contribution in [0.3, 0.4) is 0 Å². The lowest BCUT2D eigenvalue weighted by Crippen LogP contribution is -2.32. The molecule has 0 spiro atoms. The van der Waals surface area contributed by atoms with Gasteiger partial charge in [0.15, 0.2) is 0 Å². The number of carbonyl (C=O) groups is 1. The maximum Gasteiger partial charge on any atom is 0.230 e. The fourth-order valence-corrected chi connectivity index (χ4v) is 2.04. The normalized spacial score (nSPS) is 24.4. The van der Waals surface area contributed by atoms with Crippen LogP contribution in [0.1, 0.15) is 18.9 Å².